The molecule has 9 heteroatoms. The molecule has 0 saturated carbocycles. The van der Waals surface area contributed by atoms with Gasteiger partial charge in [0.25, 0.3) is 5.91 Å². The van der Waals surface area contributed by atoms with Gasteiger partial charge in [-0.2, -0.15) is 0 Å². The number of amidine groups is 1. The monoisotopic (exact) mass is 615 g/mol. The lowest BCUT2D eigenvalue weighted by atomic mass is 10.1. The molecule has 36 heavy (non-hydrogen) atoms. The van der Waals surface area contributed by atoms with Crippen LogP contribution in [-0.4, -0.2) is 35.5 Å². The molecule has 0 aliphatic heterocycles. The summed E-state index contributed by atoms with van der Waals surface area (Å²) in [7, 11) is 1.51. The van der Waals surface area contributed by atoms with Crippen LogP contribution in [0.1, 0.15) is 12.0 Å². The van der Waals surface area contributed by atoms with E-state index < -0.39 is 0 Å². The number of aromatic hydroxyl groups is 2. The molecule has 1 aliphatic rings. The van der Waals surface area contributed by atoms with Crippen molar-refractivity contribution in [2.24, 2.45) is 10.9 Å². The smallest absolute Gasteiger partial charge is 0.286 e. The van der Waals surface area contributed by atoms with E-state index in [9.17, 15) is 15.0 Å². The van der Waals surface area contributed by atoms with Crippen LogP contribution in [0.5, 0.6) is 17.2 Å². The SMILES string of the molecule is C#C.CN=C(NCc1cc(Br)c(O)c(Br)c1O)C(=O)NCC1C=CC/C=C(Oc2ccccc2)\C=C/1. The Balaban J connectivity index is 0.00000222. The Labute approximate surface area is 227 Å². The van der Waals surface area contributed by atoms with E-state index in [0.717, 1.165) is 17.9 Å². The normalized spacial score (nSPS) is 17.3. The van der Waals surface area contributed by atoms with E-state index in [4.69, 9.17) is 4.74 Å². The van der Waals surface area contributed by atoms with Crippen molar-refractivity contribution in [1.29, 1.82) is 0 Å². The minimum absolute atomic E-state index is 0.0156. The highest BCUT2D eigenvalue weighted by Crippen LogP contribution is 2.41. The maximum Gasteiger partial charge on any atom is 0.286 e. The molecule has 1 unspecified atom stereocenters. The van der Waals surface area contributed by atoms with E-state index in [1.807, 2.05) is 60.7 Å². The van der Waals surface area contributed by atoms with E-state index in [0.29, 0.717) is 16.6 Å². The third kappa shape index (κ3) is 8.33. The molecule has 1 atom stereocenters. The number of ether oxygens (including phenoxy) is 1. The van der Waals surface area contributed by atoms with Crippen LogP contribution in [0.4, 0.5) is 0 Å². The van der Waals surface area contributed by atoms with E-state index in [1.54, 1.807) is 6.07 Å². The van der Waals surface area contributed by atoms with Crippen LogP contribution in [-0.2, 0) is 11.3 Å². The molecule has 4 N–H and O–H groups in total. The van der Waals surface area contributed by atoms with Crippen LogP contribution < -0.4 is 15.4 Å². The Bertz CT molecular complexity index is 1190. The molecule has 188 valence electrons. The van der Waals surface area contributed by atoms with Gasteiger partial charge in [0, 0.05) is 31.6 Å². The van der Waals surface area contributed by atoms with Crippen molar-refractivity contribution in [1.82, 2.24) is 10.6 Å². The lowest BCUT2D eigenvalue weighted by Crippen LogP contribution is -2.41. The Morgan fingerprint density at radius 1 is 1.14 bits per heavy atom. The standard InChI is InChI=1S/C25H25Br2N3O4.C2H2/c1-28-24(29-15-17-13-20(26)23(32)21(27)22(17)31)25(33)30-14-16-7-5-6-10-19(12-11-16)34-18-8-3-2-4-9-18;1-2/h2-5,7-13,16,31-32H,6,14-15H2,1H3,(H,28,29)(H,30,33);1-2H/b7-5?,12-11-,19-10+;. The number of nitrogens with one attached hydrogen (secondary N) is 2. The second kappa shape index (κ2) is 14.8. The van der Waals surface area contributed by atoms with Crippen molar-refractivity contribution in [2.45, 2.75) is 13.0 Å². The number of para-hydroxylation sites is 1. The molecule has 3 rings (SSSR count). The lowest BCUT2D eigenvalue weighted by molar-refractivity contribution is -0.115. The van der Waals surface area contributed by atoms with Crippen molar-refractivity contribution in [2.75, 3.05) is 13.6 Å². The molecule has 2 aromatic rings. The van der Waals surface area contributed by atoms with Gasteiger partial charge in [0.15, 0.2) is 5.84 Å². The van der Waals surface area contributed by atoms with Gasteiger partial charge in [0.1, 0.15) is 27.5 Å². The Morgan fingerprint density at radius 2 is 1.86 bits per heavy atom. The van der Waals surface area contributed by atoms with E-state index in [-0.39, 0.29) is 40.2 Å². The van der Waals surface area contributed by atoms with Gasteiger partial charge in [-0.1, -0.05) is 36.4 Å². The van der Waals surface area contributed by atoms with Crippen molar-refractivity contribution in [3.05, 3.63) is 87.0 Å². The number of nitrogens with zero attached hydrogens (tertiary/aromatic N) is 1. The van der Waals surface area contributed by atoms with Crippen LogP contribution in [0.3, 0.4) is 0 Å². The van der Waals surface area contributed by atoms with E-state index >= 15 is 0 Å². The van der Waals surface area contributed by atoms with Crippen LogP contribution in [0.2, 0.25) is 0 Å². The highest BCUT2D eigenvalue weighted by molar-refractivity contribution is 9.11. The van der Waals surface area contributed by atoms with Gasteiger partial charge in [-0.25, -0.2) is 0 Å². The summed E-state index contributed by atoms with van der Waals surface area (Å²) >= 11 is 6.38. The van der Waals surface area contributed by atoms with Crippen molar-refractivity contribution < 1.29 is 19.7 Å². The molecular weight excluding hydrogens is 590 g/mol. The number of terminal acetylenes is 1. The van der Waals surface area contributed by atoms with Crippen LogP contribution in [0.15, 0.2) is 86.5 Å². The van der Waals surface area contributed by atoms with Gasteiger partial charge in [-0.3, -0.25) is 9.79 Å². The molecular formula is C27H27Br2N3O4. The van der Waals surface area contributed by atoms with Gasteiger partial charge in [-0.15, -0.1) is 12.8 Å². The minimum Gasteiger partial charge on any atom is -0.506 e. The average molecular weight is 617 g/mol. The molecule has 0 radical (unpaired) electrons. The molecule has 0 bridgehead atoms. The number of carbonyl (C=O) groups excluding carboxylic acids is 1. The second-order valence-corrected chi connectivity index (χ2v) is 9.02. The summed E-state index contributed by atoms with van der Waals surface area (Å²) < 4.78 is 6.50. The quantitative estimate of drug-likeness (QED) is 0.155. The molecule has 2 aromatic carbocycles. The fraction of sp³-hybridized carbons (Fsp3) is 0.185. The zero-order chi connectivity index (χ0) is 26.5. The fourth-order valence-corrected chi connectivity index (χ4v) is 4.35. The van der Waals surface area contributed by atoms with Crippen molar-refractivity contribution in [3.8, 4) is 30.1 Å². The first-order valence-corrected chi connectivity index (χ1v) is 12.5. The van der Waals surface area contributed by atoms with E-state index in [2.05, 4.69) is 60.3 Å². The highest BCUT2D eigenvalue weighted by Gasteiger charge is 2.17. The third-order valence-electron chi connectivity index (χ3n) is 4.96. The number of phenols is 2. The fourth-order valence-electron chi connectivity index (χ4n) is 3.14. The van der Waals surface area contributed by atoms with Crippen molar-refractivity contribution in [3.63, 3.8) is 0 Å². The molecule has 1 aliphatic carbocycles. The minimum atomic E-state index is -0.362. The largest absolute Gasteiger partial charge is 0.506 e. The first-order valence-electron chi connectivity index (χ1n) is 10.9. The number of carbonyl (C=O) groups is 1. The molecule has 0 fully saturated rings. The maximum absolute atomic E-state index is 12.7. The summed E-state index contributed by atoms with van der Waals surface area (Å²) in [4.78, 5) is 16.7. The first-order chi connectivity index (χ1) is 17.4. The molecule has 1 amide bonds. The number of rotatable bonds is 6. The summed E-state index contributed by atoms with van der Waals surface area (Å²) in [6, 6.07) is 11.1. The van der Waals surface area contributed by atoms with Gasteiger partial charge in [0.05, 0.1) is 4.47 Å². The molecule has 0 heterocycles. The maximum atomic E-state index is 12.7. The van der Waals surface area contributed by atoms with Crippen LogP contribution >= 0.6 is 31.9 Å². The number of phenolic OH excluding ortho intramolecular Hbond substituents is 2. The molecule has 0 aromatic heterocycles. The lowest BCUT2D eigenvalue weighted by Gasteiger charge is -2.15. The predicted molar refractivity (Wildman–Crippen MR) is 150 cm³/mol. The summed E-state index contributed by atoms with van der Waals surface area (Å²) in [5.74, 6) is 1.05. The second-order valence-electron chi connectivity index (χ2n) is 7.37. The molecule has 0 saturated heterocycles. The summed E-state index contributed by atoms with van der Waals surface area (Å²) in [5, 5.41) is 25.9. The van der Waals surface area contributed by atoms with Gasteiger partial charge in [0.2, 0.25) is 0 Å². The van der Waals surface area contributed by atoms with Gasteiger partial charge < -0.3 is 25.6 Å². The number of halogens is 2. The predicted octanol–water partition coefficient (Wildman–Crippen LogP) is 5.20. The summed E-state index contributed by atoms with van der Waals surface area (Å²) in [6.07, 6.45) is 18.7. The summed E-state index contributed by atoms with van der Waals surface area (Å²) in [5.41, 5.74) is 0.481. The summed E-state index contributed by atoms with van der Waals surface area (Å²) in [6.45, 7) is 0.518. The average Bonchev–Trinajstić information content (AvgIpc) is 2.89. The number of hydrogen-bond acceptors (Lipinski definition) is 5. The molecule has 7 nitrogen and oxygen atoms in total. The molecule has 0 spiro atoms. The first kappa shape index (κ1) is 28.8. The Hall–Kier alpha value is -3.48. The number of hydrogen-bond donors (Lipinski definition) is 4. The topological polar surface area (TPSA) is 103 Å². The highest BCUT2D eigenvalue weighted by atomic mass is 79.9. The zero-order valence-corrected chi connectivity index (χ0v) is 22.8. The van der Waals surface area contributed by atoms with Gasteiger partial charge in [-0.05, 0) is 68.6 Å². The van der Waals surface area contributed by atoms with E-state index in [1.165, 1.54) is 7.05 Å². The van der Waals surface area contributed by atoms with Crippen LogP contribution in [0.25, 0.3) is 0 Å². The Morgan fingerprint density at radius 3 is 2.56 bits per heavy atom. The number of aliphatic imine (C=N–C) groups is 1. The number of allylic oxidation sites excluding steroid dienone is 3. The Kier molecular flexibility index (Phi) is 11.8. The zero-order valence-electron chi connectivity index (χ0n) is 19.6. The number of amides is 1. The third-order valence-corrected chi connectivity index (χ3v) is 6.31. The number of benzene rings is 2. The van der Waals surface area contributed by atoms with Gasteiger partial charge >= 0.3 is 0 Å². The van der Waals surface area contributed by atoms with Crippen LogP contribution in [0, 0.1) is 18.8 Å². The van der Waals surface area contributed by atoms with Crippen molar-refractivity contribution >= 4 is 43.6 Å².